The number of rotatable bonds is 4. The summed E-state index contributed by atoms with van der Waals surface area (Å²) in [6.45, 7) is 1.45. The molecule has 3 heterocycles. The van der Waals surface area contributed by atoms with Gasteiger partial charge in [-0.2, -0.15) is 0 Å². The van der Waals surface area contributed by atoms with Crippen LogP contribution in [0.2, 0.25) is 0 Å². The average Bonchev–Trinajstić information content (AvgIpc) is 3.29. The van der Waals surface area contributed by atoms with E-state index in [0.29, 0.717) is 32.0 Å². The normalized spacial score (nSPS) is 22.2. The van der Waals surface area contributed by atoms with E-state index in [9.17, 15) is 9.90 Å². The molecule has 6 nitrogen and oxygen atoms in total. The smallest absolute Gasteiger partial charge is 0.263 e. The number of β-amino-alcohol motifs (C(OH)–C–C–N with tert-alkyl or cyclic N) is 1. The first-order valence-electron chi connectivity index (χ1n) is 8.65. The zero-order valence-electron chi connectivity index (χ0n) is 14.3. The fourth-order valence-electron chi connectivity index (χ4n) is 3.75. The molecule has 0 unspecified atom stereocenters. The van der Waals surface area contributed by atoms with Crippen molar-refractivity contribution in [2.75, 3.05) is 31.6 Å². The van der Waals surface area contributed by atoms with E-state index >= 15 is 0 Å². The number of fused-ring (bicyclic) bond motifs is 1. The van der Waals surface area contributed by atoms with Crippen LogP contribution < -0.4 is 4.90 Å². The van der Waals surface area contributed by atoms with E-state index in [1.807, 2.05) is 11.0 Å². The van der Waals surface area contributed by atoms with Crippen molar-refractivity contribution in [2.24, 2.45) is 0 Å². The summed E-state index contributed by atoms with van der Waals surface area (Å²) in [5, 5.41) is 10.9. The number of hydrogen-bond donors (Lipinski definition) is 1. The maximum Gasteiger partial charge on any atom is 0.263 e. The molecule has 0 saturated carbocycles. The number of aryl methyl sites for hydroxylation is 2. The van der Waals surface area contributed by atoms with Gasteiger partial charge in [-0.1, -0.05) is 0 Å². The zero-order valence-corrected chi connectivity index (χ0v) is 15.1. The molecular formula is C18H22N4O2S. The molecule has 4 rings (SSSR count). The molecule has 1 aliphatic carbocycles. The molecule has 2 aromatic heterocycles. The summed E-state index contributed by atoms with van der Waals surface area (Å²) in [5.41, 5.74) is 0.401. The highest BCUT2D eigenvalue weighted by molar-refractivity contribution is 7.14. The topological polar surface area (TPSA) is 69.6 Å². The fraction of sp³-hybridized carbons (Fsp3) is 0.500. The Bertz CT molecular complexity index is 757. The van der Waals surface area contributed by atoms with Crippen molar-refractivity contribution in [2.45, 2.75) is 31.3 Å². The minimum absolute atomic E-state index is 0.00207. The summed E-state index contributed by atoms with van der Waals surface area (Å²) in [4.78, 5) is 27.0. The van der Waals surface area contributed by atoms with Crippen LogP contribution >= 0.6 is 11.3 Å². The molecule has 0 bridgehead atoms. The third-order valence-electron chi connectivity index (χ3n) is 5.00. The molecular weight excluding hydrogens is 336 g/mol. The van der Waals surface area contributed by atoms with Gasteiger partial charge in [-0.3, -0.25) is 4.79 Å². The van der Waals surface area contributed by atoms with Gasteiger partial charge in [0.2, 0.25) is 5.95 Å². The Labute approximate surface area is 151 Å². The Hall–Kier alpha value is -1.99. The average molecular weight is 358 g/mol. The molecule has 1 saturated heterocycles. The van der Waals surface area contributed by atoms with Gasteiger partial charge in [0.25, 0.3) is 5.91 Å². The summed E-state index contributed by atoms with van der Waals surface area (Å²) < 4.78 is 0. The Balaban J connectivity index is 1.41. The van der Waals surface area contributed by atoms with Gasteiger partial charge < -0.3 is 14.9 Å². The molecule has 0 radical (unpaired) electrons. The van der Waals surface area contributed by atoms with E-state index < -0.39 is 5.60 Å². The molecule has 1 aliphatic heterocycles. The number of carbonyl (C=O) groups is 1. The summed E-state index contributed by atoms with van der Waals surface area (Å²) >= 11 is 1.61. The second-order valence-electron chi connectivity index (χ2n) is 7.02. The molecule has 0 spiro atoms. The van der Waals surface area contributed by atoms with Crippen LogP contribution in [0.15, 0.2) is 24.5 Å². The van der Waals surface area contributed by atoms with Crippen LogP contribution in [0.4, 0.5) is 5.95 Å². The molecule has 132 valence electrons. The minimum atomic E-state index is -0.927. The number of likely N-dealkylation sites (N-methyl/N-ethyl adjacent to an activating group) is 1. The van der Waals surface area contributed by atoms with Crippen molar-refractivity contribution in [3.8, 4) is 0 Å². The van der Waals surface area contributed by atoms with E-state index in [0.717, 1.165) is 17.7 Å². The lowest BCUT2D eigenvalue weighted by molar-refractivity contribution is 0.0266. The number of hydrogen-bond acceptors (Lipinski definition) is 6. The lowest BCUT2D eigenvalue weighted by Gasteiger charge is -2.28. The van der Waals surface area contributed by atoms with Gasteiger partial charge in [0.15, 0.2) is 0 Å². The quantitative estimate of drug-likeness (QED) is 0.902. The molecule has 1 amide bonds. The van der Waals surface area contributed by atoms with Crippen LogP contribution in [0, 0.1) is 0 Å². The molecule has 1 atom stereocenters. The molecule has 1 N–H and O–H groups in total. The number of carbonyl (C=O) groups excluding carboxylic acids is 1. The van der Waals surface area contributed by atoms with Gasteiger partial charge in [-0.15, -0.1) is 11.3 Å². The first-order chi connectivity index (χ1) is 12.0. The van der Waals surface area contributed by atoms with Gasteiger partial charge >= 0.3 is 0 Å². The van der Waals surface area contributed by atoms with Crippen LogP contribution in [0.25, 0.3) is 0 Å². The predicted octanol–water partition coefficient (Wildman–Crippen LogP) is 1.74. The summed E-state index contributed by atoms with van der Waals surface area (Å²) in [7, 11) is 1.77. The van der Waals surface area contributed by atoms with Crippen molar-refractivity contribution < 1.29 is 9.90 Å². The van der Waals surface area contributed by atoms with Crippen LogP contribution in [0.1, 0.15) is 33.0 Å². The Morgan fingerprint density at radius 3 is 2.96 bits per heavy atom. The predicted molar refractivity (Wildman–Crippen MR) is 97.1 cm³/mol. The molecule has 2 aromatic rings. The van der Waals surface area contributed by atoms with E-state index in [4.69, 9.17) is 0 Å². The van der Waals surface area contributed by atoms with Crippen LogP contribution in [-0.4, -0.2) is 58.2 Å². The highest BCUT2D eigenvalue weighted by Gasteiger charge is 2.39. The third-order valence-corrected chi connectivity index (χ3v) is 6.23. The first kappa shape index (κ1) is 16.5. The summed E-state index contributed by atoms with van der Waals surface area (Å²) in [5.74, 6) is 0.629. The van der Waals surface area contributed by atoms with E-state index in [2.05, 4.69) is 9.97 Å². The summed E-state index contributed by atoms with van der Waals surface area (Å²) in [6.07, 6.45) is 7.37. The van der Waals surface area contributed by atoms with Crippen LogP contribution in [0.3, 0.4) is 0 Å². The van der Waals surface area contributed by atoms with E-state index in [1.165, 1.54) is 16.9 Å². The number of anilines is 1. The number of nitrogens with zero attached hydrogens (tertiary/aromatic N) is 4. The Morgan fingerprint density at radius 2 is 2.20 bits per heavy atom. The van der Waals surface area contributed by atoms with Gasteiger partial charge in [0, 0.05) is 30.9 Å². The van der Waals surface area contributed by atoms with Gasteiger partial charge in [0.05, 0.1) is 18.0 Å². The Morgan fingerprint density at radius 1 is 1.40 bits per heavy atom. The third kappa shape index (κ3) is 3.26. The van der Waals surface area contributed by atoms with Crippen LogP contribution in [-0.2, 0) is 12.8 Å². The van der Waals surface area contributed by atoms with Crippen molar-refractivity contribution in [3.05, 3.63) is 39.8 Å². The highest BCUT2D eigenvalue weighted by atomic mass is 32.1. The number of aliphatic hydroxyl groups is 1. The largest absolute Gasteiger partial charge is 0.386 e. The van der Waals surface area contributed by atoms with E-state index in [1.54, 1.807) is 41.7 Å². The lowest BCUT2D eigenvalue weighted by Crippen LogP contribution is -2.45. The van der Waals surface area contributed by atoms with Crippen molar-refractivity contribution in [1.82, 2.24) is 14.9 Å². The summed E-state index contributed by atoms with van der Waals surface area (Å²) in [6, 6.07) is 3.81. The second-order valence-corrected chi connectivity index (χ2v) is 8.16. The monoisotopic (exact) mass is 358 g/mol. The standard InChI is InChI=1S/C18H22N4O2S/c1-21(16(23)15-10-13-4-2-5-14(13)25-15)11-18(24)6-9-22(12-18)17-19-7-3-8-20-17/h3,7-8,10,24H,2,4-6,9,11-12H2,1H3/t18-/m0/s1. The number of aromatic nitrogens is 2. The maximum absolute atomic E-state index is 12.7. The van der Waals surface area contributed by atoms with Crippen LogP contribution in [0.5, 0.6) is 0 Å². The first-order valence-corrected chi connectivity index (χ1v) is 9.47. The zero-order chi connectivity index (χ0) is 17.4. The minimum Gasteiger partial charge on any atom is -0.386 e. The second kappa shape index (κ2) is 6.38. The molecule has 7 heteroatoms. The fourth-order valence-corrected chi connectivity index (χ4v) is 4.99. The van der Waals surface area contributed by atoms with Crippen molar-refractivity contribution in [1.29, 1.82) is 0 Å². The number of amides is 1. The van der Waals surface area contributed by atoms with Gasteiger partial charge in [-0.05, 0) is 43.4 Å². The molecule has 1 fully saturated rings. The highest BCUT2D eigenvalue weighted by Crippen LogP contribution is 2.32. The number of thiophene rings is 1. The molecule has 25 heavy (non-hydrogen) atoms. The molecule has 2 aliphatic rings. The SMILES string of the molecule is CN(C[C@@]1(O)CCN(c2ncccn2)C1)C(=O)c1cc2c(s1)CCC2. The lowest BCUT2D eigenvalue weighted by atomic mass is 10.0. The van der Waals surface area contributed by atoms with Gasteiger partial charge in [-0.25, -0.2) is 9.97 Å². The van der Waals surface area contributed by atoms with Crippen molar-refractivity contribution in [3.63, 3.8) is 0 Å². The Kier molecular flexibility index (Phi) is 4.21. The maximum atomic E-state index is 12.7. The molecule has 0 aromatic carbocycles. The van der Waals surface area contributed by atoms with Crippen molar-refractivity contribution >= 4 is 23.2 Å². The van der Waals surface area contributed by atoms with Gasteiger partial charge in [0.1, 0.15) is 5.60 Å². The van der Waals surface area contributed by atoms with E-state index in [-0.39, 0.29) is 5.91 Å².